The molecule has 2 fully saturated rings. The van der Waals surface area contributed by atoms with E-state index in [0.29, 0.717) is 6.10 Å². The molecule has 2 heterocycles. The first-order valence-corrected chi connectivity index (χ1v) is 9.31. The summed E-state index contributed by atoms with van der Waals surface area (Å²) in [6, 6.07) is 5.15. The molecule has 1 atom stereocenters. The third-order valence-corrected chi connectivity index (χ3v) is 5.26. The standard InChI is InChI=1S/C19H28N2O4/c1-15-12-17(21(22)23)6-5-16(15)13-20-9-7-18(8-10-20)25-14-19-4-2-3-11-24-19/h5-6,12,18-19H,2-4,7-11,13-14H2,1H3. The van der Waals surface area contributed by atoms with Crippen LogP contribution in [0.4, 0.5) is 5.69 Å². The van der Waals surface area contributed by atoms with Gasteiger partial charge in [0.05, 0.1) is 23.7 Å². The molecule has 2 aliphatic rings. The molecule has 1 aromatic carbocycles. The summed E-state index contributed by atoms with van der Waals surface area (Å²) in [5.74, 6) is 0. The van der Waals surface area contributed by atoms with Crippen molar-refractivity contribution >= 4 is 5.69 Å². The highest BCUT2D eigenvalue weighted by Gasteiger charge is 2.22. The van der Waals surface area contributed by atoms with E-state index in [2.05, 4.69) is 4.90 Å². The van der Waals surface area contributed by atoms with Crippen molar-refractivity contribution in [2.45, 2.75) is 57.8 Å². The molecule has 3 rings (SSSR count). The Morgan fingerprint density at radius 3 is 2.72 bits per heavy atom. The summed E-state index contributed by atoms with van der Waals surface area (Å²) in [5, 5.41) is 10.8. The number of benzene rings is 1. The number of nitro groups is 1. The van der Waals surface area contributed by atoms with Gasteiger partial charge in [-0.1, -0.05) is 6.07 Å². The molecule has 0 radical (unpaired) electrons. The fourth-order valence-electron chi connectivity index (χ4n) is 3.63. The van der Waals surface area contributed by atoms with Gasteiger partial charge in [0.25, 0.3) is 5.69 Å². The predicted octanol–water partition coefficient (Wildman–Crippen LogP) is 3.45. The van der Waals surface area contributed by atoms with Gasteiger partial charge in [-0.05, 0) is 50.2 Å². The fraction of sp³-hybridized carbons (Fsp3) is 0.684. The number of rotatable bonds is 6. The maximum absolute atomic E-state index is 10.8. The molecule has 138 valence electrons. The predicted molar refractivity (Wildman–Crippen MR) is 95.7 cm³/mol. The molecule has 6 heteroatoms. The highest BCUT2D eigenvalue weighted by atomic mass is 16.6. The van der Waals surface area contributed by atoms with Crippen molar-refractivity contribution in [1.29, 1.82) is 0 Å². The van der Waals surface area contributed by atoms with Crippen LogP contribution in [0.1, 0.15) is 43.2 Å². The summed E-state index contributed by atoms with van der Waals surface area (Å²) >= 11 is 0. The molecule has 0 bridgehead atoms. The smallest absolute Gasteiger partial charge is 0.269 e. The van der Waals surface area contributed by atoms with E-state index in [9.17, 15) is 10.1 Å². The Bertz CT molecular complexity index is 579. The molecule has 6 nitrogen and oxygen atoms in total. The van der Waals surface area contributed by atoms with Crippen molar-refractivity contribution in [3.8, 4) is 0 Å². The third-order valence-electron chi connectivity index (χ3n) is 5.26. The van der Waals surface area contributed by atoms with Crippen molar-refractivity contribution in [3.63, 3.8) is 0 Å². The van der Waals surface area contributed by atoms with E-state index in [0.717, 1.165) is 57.7 Å². The lowest BCUT2D eigenvalue weighted by atomic mass is 10.0. The monoisotopic (exact) mass is 348 g/mol. The van der Waals surface area contributed by atoms with Gasteiger partial charge in [0.15, 0.2) is 0 Å². The van der Waals surface area contributed by atoms with Gasteiger partial charge in [-0.15, -0.1) is 0 Å². The summed E-state index contributed by atoms with van der Waals surface area (Å²) in [6.45, 7) is 6.41. The molecule has 1 unspecified atom stereocenters. The van der Waals surface area contributed by atoms with Gasteiger partial charge in [-0.3, -0.25) is 15.0 Å². The summed E-state index contributed by atoms with van der Waals surface area (Å²) in [5.41, 5.74) is 2.32. The number of nitrogens with zero attached hydrogens (tertiary/aromatic N) is 2. The molecule has 1 aromatic rings. The molecule has 0 N–H and O–H groups in total. The van der Waals surface area contributed by atoms with Crippen LogP contribution in [0.5, 0.6) is 0 Å². The number of ether oxygens (including phenoxy) is 2. The maximum Gasteiger partial charge on any atom is 0.269 e. The topological polar surface area (TPSA) is 64.8 Å². The Morgan fingerprint density at radius 2 is 2.08 bits per heavy atom. The number of piperidine rings is 1. The van der Waals surface area contributed by atoms with E-state index >= 15 is 0 Å². The number of non-ortho nitro benzene ring substituents is 1. The number of nitro benzene ring substituents is 1. The van der Waals surface area contributed by atoms with Gasteiger partial charge in [-0.2, -0.15) is 0 Å². The molecule has 2 saturated heterocycles. The second kappa shape index (κ2) is 8.74. The lowest BCUT2D eigenvalue weighted by Gasteiger charge is -2.33. The summed E-state index contributed by atoms with van der Waals surface area (Å²) in [7, 11) is 0. The first-order valence-electron chi connectivity index (χ1n) is 9.31. The number of hydrogen-bond acceptors (Lipinski definition) is 5. The second-order valence-corrected chi connectivity index (χ2v) is 7.17. The Labute approximate surface area is 149 Å². The van der Waals surface area contributed by atoms with Crippen LogP contribution >= 0.6 is 0 Å². The van der Waals surface area contributed by atoms with E-state index in [1.54, 1.807) is 12.1 Å². The Morgan fingerprint density at radius 1 is 1.28 bits per heavy atom. The maximum atomic E-state index is 10.8. The quantitative estimate of drug-likeness (QED) is 0.582. The second-order valence-electron chi connectivity index (χ2n) is 7.17. The zero-order chi connectivity index (χ0) is 17.6. The van der Waals surface area contributed by atoms with E-state index in [1.165, 1.54) is 18.4 Å². The Hall–Kier alpha value is -1.50. The van der Waals surface area contributed by atoms with Crippen LogP contribution in [0, 0.1) is 17.0 Å². The molecule has 25 heavy (non-hydrogen) atoms. The van der Waals surface area contributed by atoms with Crippen molar-refractivity contribution in [2.75, 3.05) is 26.3 Å². The SMILES string of the molecule is Cc1cc([N+](=O)[O-])ccc1CN1CCC(OCC2CCCCO2)CC1. The highest BCUT2D eigenvalue weighted by molar-refractivity contribution is 5.39. The highest BCUT2D eigenvalue weighted by Crippen LogP contribution is 2.22. The van der Waals surface area contributed by atoms with E-state index in [1.807, 2.05) is 13.0 Å². The van der Waals surface area contributed by atoms with Crippen LogP contribution in [0.15, 0.2) is 18.2 Å². The minimum atomic E-state index is -0.338. The minimum Gasteiger partial charge on any atom is -0.376 e. The van der Waals surface area contributed by atoms with E-state index in [4.69, 9.17) is 9.47 Å². The normalized spacial score (nSPS) is 22.8. The van der Waals surface area contributed by atoms with Crippen LogP contribution in [0.2, 0.25) is 0 Å². The minimum absolute atomic E-state index is 0.165. The first-order chi connectivity index (χ1) is 12.1. The van der Waals surface area contributed by atoms with E-state index < -0.39 is 0 Å². The molecule has 0 aliphatic carbocycles. The van der Waals surface area contributed by atoms with Gasteiger partial charge >= 0.3 is 0 Å². The molecule has 0 spiro atoms. The number of hydrogen-bond donors (Lipinski definition) is 0. The fourth-order valence-corrected chi connectivity index (χ4v) is 3.63. The van der Waals surface area contributed by atoms with Crippen LogP contribution in [0.25, 0.3) is 0 Å². The van der Waals surface area contributed by atoms with Crippen LogP contribution < -0.4 is 0 Å². The zero-order valence-corrected chi connectivity index (χ0v) is 15.0. The summed E-state index contributed by atoms with van der Waals surface area (Å²) in [4.78, 5) is 12.9. The van der Waals surface area contributed by atoms with Crippen LogP contribution in [-0.4, -0.2) is 48.3 Å². The van der Waals surface area contributed by atoms with Crippen molar-refractivity contribution < 1.29 is 14.4 Å². The summed E-state index contributed by atoms with van der Waals surface area (Å²) in [6.07, 6.45) is 6.25. The van der Waals surface area contributed by atoms with Gasteiger partial charge in [0.2, 0.25) is 0 Å². The lowest BCUT2D eigenvalue weighted by Crippen LogP contribution is -2.38. The average molecular weight is 348 g/mol. The van der Waals surface area contributed by atoms with Gasteiger partial charge < -0.3 is 9.47 Å². The number of likely N-dealkylation sites (tertiary alicyclic amines) is 1. The zero-order valence-electron chi connectivity index (χ0n) is 15.0. The Balaban J connectivity index is 1.42. The van der Waals surface area contributed by atoms with Gasteiger partial charge in [0.1, 0.15) is 0 Å². The number of aryl methyl sites for hydroxylation is 1. The van der Waals surface area contributed by atoms with Crippen molar-refractivity contribution in [3.05, 3.63) is 39.4 Å². The van der Waals surface area contributed by atoms with Gasteiger partial charge in [0, 0.05) is 38.4 Å². The van der Waals surface area contributed by atoms with Crippen molar-refractivity contribution in [2.24, 2.45) is 0 Å². The van der Waals surface area contributed by atoms with Crippen LogP contribution in [-0.2, 0) is 16.0 Å². The molecule has 2 aliphatic heterocycles. The Kier molecular flexibility index (Phi) is 6.39. The largest absolute Gasteiger partial charge is 0.376 e. The molecule has 0 saturated carbocycles. The van der Waals surface area contributed by atoms with Gasteiger partial charge in [-0.25, -0.2) is 0 Å². The molecular formula is C19H28N2O4. The summed E-state index contributed by atoms with van der Waals surface area (Å²) < 4.78 is 11.8. The lowest BCUT2D eigenvalue weighted by molar-refractivity contribution is -0.384. The first kappa shape index (κ1) is 18.3. The third kappa shape index (κ3) is 5.23. The average Bonchev–Trinajstić information content (AvgIpc) is 2.63. The molecule has 0 aromatic heterocycles. The van der Waals surface area contributed by atoms with Crippen molar-refractivity contribution in [1.82, 2.24) is 4.90 Å². The molecule has 0 amide bonds. The molecular weight excluding hydrogens is 320 g/mol. The van der Waals surface area contributed by atoms with E-state index in [-0.39, 0.29) is 16.7 Å². The van der Waals surface area contributed by atoms with Crippen LogP contribution in [0.3, 0.4) is 0 Å².